The fourth-order valence-electron chi connectivity index (χ4n) is 1.46. The molecule has 0 aliphatic rings. The van der Waals surface area contributed by atoms with Crippen LogP contribution in [0.25, 0.3) is 0 Å². The van der Waals surface area contributed by atoms with E-state index in [1.54, 1.807) is 6.20 Å². The first-order chi connectivity index (χ1) is 7.43. The molecule has 0 N–H and O–H groups in total. The molecule has 1 heterocycles. The molecule has 0 aliphatic heterocycles. The van der Waals surface area contributed by atoms with Crippen LogP contribution in [0, 0.1) is 0 Å². The minimum atomic E-state index is 0.510. The molecule has 0 unspecified atom stereocenters. The highest BCUT2D eigenvalue weighted by Gasteiger charge is 1.93. The van der Waals surface area contributed by atoms with Crippen molar-refractivity contribution in [2.45, 2.75) is 32.1 Å². The fourth-order valence-corrected chi connectivity index (χ4v) is 1.46. The molecule has 0 bridgehead atoms. The van der Waals surface area contributed by atoms with Crippen molar-refractivity contribution in [3.8, 4) is 0 Å². The van der Waals surface area contributed by atoms with Crippen LogP contribution < -0.4 is 0 Å². The Balaban J connectivity index is 1.95. The van der Waals surface area contributed by atoms with Gasteiger partial charge in [0.15, 0.2) is 0 Å². The lowest BCUT2D eigenvalue weighted by atomic mass is 10.1. The third-order valence-corrected chi connectivity index (χ3v) is 2.27. The number of ether oxygens (including phenoxy) is 1. The lowest BCUT2D eigenvalue weighted by molar-refractivity contribution is -0.128. The van der Waals surface area contributed by atoms with Crippen molar-refractivity contribution < 1.29 is 9.53 Å². The highest BCUT2D eigenvalue weighted by Crippen LogP contribution is 2.06. The zero-order chi connectivity index (χ0) is 10.8. The van der Waals surface area contributed by atoms with Crippen LogP contribution in [0.5, 0.6) is 0 Å². The second-order valence-corrected chi connectivity index (χ2v) is 3.49. The van der Waals surface area contributed by atoms with Crippen LogP contribution in [0.4, 0.5) is 0 Å². The van der Waals surface area contributed by atoms with E-state index in [4.69, 9.17) is 0 Å². The summed E-state index contributed by atoms with van der Waals surface area (Å²) in [4.78, 5) is 13.9. The molecule has 0 spiro atoms. The van der Waals surface area contributed by atoms with Gasteiger partial charge in [-0.2, -0.15) is 0 Å². The van der Waals surface area contributed by atoms with Crippen LogP contribution in [-0.2, 0) is 16.0 Å². The Morgan fingerprint density at radius 2 is 2.13 bits per heavy atom. The summed E-state index contributed by atoms with van der Waals surface area (Å²) in [5, 5.41) is 0. The number of aromatic nitrogens is 1. The van der Waals surface area contributed by atoms with Gasteiger partial charge in [-0.05, 0) is 30.9 Å². The van der Waals surface area contributed by atoms with E-state index in [-0.39, 0.29) is 0 Å². The SMILES string of the molecule is O=COCCCCCCc1cccnc1. The second kappa shape index (κ2) is 7.97. The van der Waals surface area contributed by atoms with E-state index < -0.39 is 0 Å². The summed E-state index contributed by atoms with van der Waals surface area (Å²) >= 11 is 0. The van der Waals surface area contributed by atoms with Crippen molar-refractivity contribution in [1.82, 2.24) is 4.98 Å². The average Bonchev–Trinajstić information content (AvgIpc) is 2.29. The van der Waals surface area contributed by atoms with Crippen LogP contribution in [0.2, 0.25) is 0 Å². The molecule has 15 heavy (non-hydrogen) atoms. The average molecular weight is 207 g/mol. The van der Waals surface area contributed by atoms with Gasteiger partial charge in [0.2, 0.25) is 0 Å². The number of hydrogen-bond acceptors (Lipinski definition) is 3. The van der Waals surface area contributed by atoms with Gasteiger partial charge in [0.05, 0.1) is 6.61 Å². The monoisotopic (exact) mass is 207 g/mol. The number of hydrogen-bond donors (Lipinski definition) is 0. The number of rotatable bonds is 8. The highest BCUT2D eigenvalue weighted by molar-refractivity contribution is 5.36. The number of aryl methyl sites for hydroxylation is 1. The molecule has 0 aliphatic carbocycles. The number of carbonyl (C=O) groups excluding carboxylic acids is 1. The number of pyridine rings is 1. The quantitative estimate of drug-likeness (QED) is 0.485. The number of unbranched alkanes of at least 4 members (excludes halogenated alkanes) is 3. The van der Waals surface area contributed by atoms with Crippen molar-refractivity contribution in [2.24, 2.45) is 0 Å². The summed E-state index contributed by atoms with van der Waals surface area (Å²) in [6, 6.07) is 4.07. The first-order valence-electron chi connectivity index (χ1n) is 5.37. The van der Waals surface area contributed by atoms with E-state index >= 15 is 0 Å². The van der Waals surface area contributed by atoms with Crippen molar-refractivity contribution in [3.63, 3.8) is 0 Å². The summed E-state index contributed by atoms with van der Waals surface area (Å²) in [5.74, 6) is 0. The van der Waals surface area contributed by atoms with E-state index in [0.29, 0.717) is 13.1 Å². The summed E-state index contributed by atoms with van der Waals surface area (Å²) in [6.45, 7) is 1.06. The Kier molecular flexibility index (Phi) is 6.21. The fraction of sp³-hybridized carbons (Fsp3) is 0.500. The Morgan fingerprint density at radius 1 is 1.27 bits per heavy atom. The minimum absolute atomic E-state index is 0.510. The molecule has 0 saturated heterocycles. The normalized spacial score (nSPS) is 9.87. The van der Waals surface area contributed by atoms with Gasteiger partial charge in [0.1, 0.15) is 0 Å². The zero-order valence-corrected chi connectivity index (χ0v) is 8.89. The molecule has 0 aromatic carbocycles. The Labute approximate surface area is 90.5 Å². The van der Waals surface area contributed by atoms with E-state index in [9.17, 15) is 4.79 Å². The molecule has 1 rings (SSSR count). The highest BCUT2D eigenvalue weighted by atomic mass is 16.5. The van der Waals surface area contributed by atoms with Crippen LogP contribution in [0.15, 0.2) is 24.5 Å². The largest absolute Gasteiger partial charge is 0.468 e. The van der Waals surface area contributed by atoms with Gasteiger partial charge in [-0.1, -0.05) is 18.9 Å². The molecule has 3 heteroatoms. The van der Waals surface area contributed by atoms with Gasteiger partial charge < -0.3 is 4.74 Å². The van der Waals surface area contributed by atoms with Gasteiger partial charge in [0, 0.05) is 12.4 Å². The van der Waals surface area contributed by atoms with Gasteiger partial charge in [-0.3, -0.25) is 9.78 Å². The Hall–Kier alpha value is -1.38. The lowest BCUT2D eigenvalue weighted by Gasteiger charge is -2.01. The maximum absolute atomic E-state index is 9.85. The molecule has 3 nitrogen and oxygen atoms in total. The molecule has 0 radical (unpaired) electrons. The van der Waals surface area contributed by atoms with Crippen LogP contribution >= 0.6 is 0 Å². The van der Waals surface area contributed by atoms with Crippen molar-refractivity contribution >= 4 is 6.47 Å². The summed E-state index contributed by atoms with van der Waals surface area (Å²) in [7, 11) is 0. The smallest absolute Gasteiger partial charge is 0.293 e. The topological polar surface area (TPSA) is 39.2 Å². The molecule has 0 amide bonds. The standard InChI is InChI=1S/C12H17NO2/c14-11-15-9-4-2-1-3-6-12-7-5-8-13-10-12/h5,7-8,10-11H,1-4,6,9H2. The maximum Gasteiger partial charge on any atom is 0.293 e. The van der Waals surface area contributed by atoms with Crippen LogP contribution in [0.1, 0.15) is 31.2 Å². The predicted molar refractivity (Wildman–Crippen MR) is 58.4 cm³/mol. The summed E-state index contributed by atoms with van der Waals surface area (Å²) < 4.78 is 4.61. The van der Waals surface area contributed by atoms with Gasteiger partial charge in [-0.25, -0.2) is 0 Å². The maximum atomic E-state index is 9.85. The van der Waals surface area contributed by atoms with Crippen LogP contribution in [-0.4, -0.2) is 18.1 Å². The third-order valence-electron chi connectivity index (χ3n) is 2.27. The molecule has 0 saturated carbocycles. The van der Waals surface area contributed by atoms with Crippen molar-refractivity contribution in [2.75, 3.05) is 6.61 Å². The lowest BCUT2D eigenvalue weighted by Crippen LogP contribution is -1.92. The molecule has 82 valence electrons. The van der Waals surface area contributed by atoms with Crippen LogP contribution in [0.3, 0.4) is 0 Å². The summed E-state index contributed by atoms with van der Waals surface area (Å²) in [5.41, 5.74) is 1.29. The number of nitrogens with zero attached hydrogens (tertiary/aromatic N) is 1. The third kappa shape index (κ3) is 5.83. The molecule has 0 atom stereocenters. The Morgan fingerprint density at radius 3 is 2.87 bits per heavy atom. The zero-order valence-electron chi connectivity index (χ0n) is 8.89. The van der Waals surface area contributed by atoms with E-state index in [2.05, 4.69) is 15.8 Å². The minimum Gasteiger partial charge on any atom is -0.468 e. The molecule has 1 aromatic heterocycles. The molecule has 0 fully saturated rings. The predicted octanol–water partition coefficient (Wildman–Crippen LogP) is 2.36. The molecule has 1 aromatic rings. The van der Waals surface area contributed by atoms with Gasteiger partial charge >= 0.3 is 0 Å². The van der Waals surface area contributed by atoms with E-state index in [1.165, 1.54) is 18.4 Å². The first kappa shape index (κ1) is 11.7. The van der Waals surface area contributed by atoms with E-state index in [1.807, 2.05) is 12.3 Å². The van der Waals surface area contributed by atoms with Crippen molar-refractivity contribution in [1.29, 1.82) is 0 Å². The second-order valence-electron chi connectivity index (χ2n) is 3.49. The Bertz CT molecular complexity index is 262. The van der Waals surface area contributed by atoms with E-state index in [0.717, 1.165) is 19.3 Å². The van der Waals surface area contributed by atoms with Gasteiger partial charge in [0.25, 0.3) is 6.47 Å². The summed E-state index contributed by atoms with van der Waals surface area (Å²) in [6.07, 6.45) is 9.22. The molecular formula is C12H17NO2. The first-order valence-corrected chi connectivity index (χ1v) is 5.37. The van der Waals surface area contributed by atoms with Gasteiger partial charge in [-0.15, -0.1) is 0 Å². The van der Waals surface area contributed by atoms with Crippen molar-refractivity contribution in [3.05, 3.63) is 30.1 Å². The molecular weight excluding hydrogens is 190 g/mol. The number of carbonyl (C=O) groups is 1.